The highest BCUT2D eigenvalue weighted by Gasteiger charge is 1.94. The molecule has 2 aromatic heterocycles. The van der Waals surface area contributed by atoms with Crippen molar-refractivity contribution in [1.29, 1.82) is 0 Å². The highest BCUT2D eigenvalue weighted by atomic mass is 16.6. The van der Waals surface area contributed by atoms with Crippen LogP contribution in [0.5, 0.6) is 0 Å². The molecule has 0 saturated carbocycles. The summed E-state index contributed by atoms with van der Waals surface area (Å²) in [5.74, 6) is 0. The standard InChI is InChI=1S/C8H9N3O/c1-12-10-7-3-5-11-8(6-7)2-4-9-11/h2-6,10H,1H3. The van der Waals surface area contributed by atoms with Crippen molar-refractivity contribution in [1.82, 2.24) is 9.61 Å². The van der Waals surface area contributed by atoms with Gasteiger partial charge in [-0.15, -0.1) is 0 Å². The quantitative estimate of drug-likeness (QED) is 0.678. The van der Waals surface area contributed by atoms with Crippen molar-refractivity contribution in [2.75, 3.05) is 12.6 Å². The maximum atomic E-state index is 4.77. The topological polar surface area (TPSA) is 38.6 Å². The van der Waals surface area contributed by atoms with E-state index in [1.807, 2.05) is 24.4 Å². The van der Waals surface area contributed by atoms with Crippen LogP contribution in [0, 0.1) is 0 Å². The van der Waals surface area contributed by atoms with E-state index in [0.29, 0.717) is 0 Å². The molecular formula is C8H9N3O. The summed E-state index contributed by atoms with van der Waals surface area (Å²) in [4.78, 5) is 4.77. The van der Waals surface area contributed by atoms with Gasteiger partial charge in [0.15, 0.2) is 0 Å². The summed E-state index contributed by atoms with van der Waals surface area (Å²) in [7, 11) is 1.58. The first kappa shape index (κ1) is 7.12. The lowest BCUT2D eigenvalue weighted by Gasteiger charge is -2.02. The van der Waals surface area contributed by atoms with Crippen LogP contribution in [-0.4, -0.2) is 16.7 Å². The lowest BCUT2D eigenvalue weighted by Crippen LogP contribution is -1.96. The van der Waals surface area contributed by atoms with Gasteiger partial charge < -0.3 is 0 Å². The van der Waals surface area contributed by atoms with Gasteiger partial charge in [0.1, 0.15) is 0 Å². The Morgan fingerprint density at radius 3 is 3.25 bits per heavy atom. The average Bonchev–Trinajstić information content (AvgIpc) is 2.51. The molecule has 2 aromatic rings. The van der Waals surface area contributed by atoms with Crippen LogP contribution in [0.15, 0.2) is 30.6 Å². The summed E-state index contributed by atoms with van der Waals surface area (Å²) < 4.78 is 1.79. The summed E-state index contributed by atoms with van der Waals surface area (Å²) in [6, 6.07) is 5.78. The minimum Gasteiger partial charge on any atom is -0.279 e. The third-order valence-electron chi connectivity index (χ3n) is 1.62. The Kier molecular flexibility index (Phi) is 1.68. The van der Waals surface area contributed by atoms with Gasteiger partial charge in [0.25, 0.3) is 0 Å². The third-order valence-corrected chi connectivity index (χ3v) is 1.62. The van der Waals surface area contributed by atoms with E-state index in [-0.39, 0.29) is 0 Å². The van der Waals surface area contributed by atoms with E-state index in [2.05, 4.69) is 10.6 Å². The first-order valence-corrected chi connectivity index (χ1v) is 3.62. The fourth-order valence-corrected chi connectivity index (χ4v) is 1.10. The normalized spacial score (nSPS) is 10.4. The Morgan fingerprint density at radius 1 is 1.50 bits per heavy atom. The van der Waals surface area contributed by atoms with Crippen LogP contribution in [0.1, 0.15) is 0 Å². The van der Waals surface area contributed by atoms with E-state index < -0.39 is 0 Å². The Labute approximate surface area is 69.7 Å². The fourth-order valence-electron chi connectivity index (χ4n) is 1.10. The highest BCUT2D eigenvalue weighted by Crippen LogP contribution is 2.10. The zero-order chi connectivity index (χ0) is 8.39. The molecule has 0 atom stereocenters. The largest absolute Gasteiger partial charge is 0.279 e. The summed E-state index contributed by atoms with van der Waals surface area (Å²) >= 11 is 0. The molecule has 0 aliphatic rings. The van der Waals surface area contributed by atoms with Gasteiger partial charge in [0.05, 0.1) is 18.3 Å². The summed E-state index contributed by atoms with van der Waals surface area (Å²) in [6.07, 6.45) is 3.63. The predicted molar refractivity (Wildman–Crippen MR) is 45.8 cm³/mol. The second-order valence-corrected chi connectivity index (χ2v) is 2.42. The zero-order valence-electron chi connectivity index (χ0n) is 6.69. The van der Waals surface area contributed by atoms with Gasteiger partial charge in [0.2, 0.25) is 0 Å². The first-order chi connectivity index (χ1) is 5.90. The number of nitrogens with one attached hydrogen (secondary N) is 1. The maximum absolute atomic E-state index is 4.77. The molecule has 2 rings (SSSR count). The number of pyridine rings is 1. The fraction of sp³-hybridized carbons (Fsp3) is 0.125. The number of aromatic nitrogens is 2. The van der Waals surface area contributed by atoms with Crippen LogP contribution in [0.2, 0.25) is 0 Å². The molecule has 0 fully saturated rings. The summed E-state index contributed by atoms with van der Waals surface area (Å²) in [6.45, 7) is 0. The number of anilines is 1. The van der Waals surface area contributed by atoms with Crippen molar-refractivity contribution in [3.05, 3.63) is 30.6 Å². The van der Waals surface area contributed by atoms with E-state index in [4.69, 9.17) is 4.84 Å². The minimum atomic E-state index is 0.922. The Morgan fingerprint density at radius 2 is 2.42 bits per heavy atom. The van der Waals surface area contributed by atoms with Crippen molar-refractivity contribution < 1.29 is 4.84 Å². The molecule has 4 nitrogen and oxygen atoms in total. The van der Waals surface area contributed by atoms with Crippen LogP contribution < -0.4 is 5.48 Å². The lowest BCUT2D eigenvalue weighted by molar-refractivity contribution is 0.271. The lowest BCUT2D eigenvalue weighted by atomic mass is 10.3. The molecule has 0 aliphatic heterocycles. The Bertz CT molecular complexity index is 382. The van der Waals surface area contributed by atoms with E-state index >= 15 is 0 Å². The maximum Gasteiger partial charge on any atom is 0.0682 e. The van der Waals surface area contributed by atoms with Gasteiger partial charge in [-0.2, -0.15) is 5.10 Å². The highest BCUT2D eigenvalue weighted by molar-refractivity contribution is 5.56. The first-order valence-electron chi connectivity index (χ1n) is 3.62. The molecule has 0 amide bonds. The number of hydrogen-bond acceptors (Lipinski definition) is 3. The molecule has 0 unspecified atom stereocenters. The number of rotatable bonds is 2. The second kappa shape index (κ2) is 2.83. The van der Waals surface area contributed by atoms with Gasteiger partial charge in [-0.25, -0.2) is 4.52 Å². The molecule has 0 saturated heterocycles. The van der Waals surface area contributed by atoms with Crippen molar-refractivity contribution >= 4 is 11.2 Å². The Hall–Kier alpha value is -1.55. The van der Waals surface area contributed by atoms with Crippen molar-refractivity contribution in [2.45, 2.75) is 0 Å². The second-order valence-electron chi connectivity index (χ2n) is 2.42. The number of hydrogen-bond donors (Lipinski definition) is 1. The molecule has 4 heteroatoms. The van der Waals surface area contributed by atoms with Crippen molar-refractivity contribution in [2.24, 2.45) is 0 Å². The van der Waals surface area contributed by atoms with E-state index in [9.17, 15) is 0 Å². The predicted octanol–water partition coefficient (Wildman–Crippen LogP) is 1.31. The SMILES string of the molecule is CONc1ccn2nccc2c1. The molecule has 0 bridgehead atoms. The van der Waals surface area contributed by atoms with Crippen LogP contribution in [-0.2, 0) is 4.84 Å². The van der Waals surface area contributed by atoms with Crippen LogP contribution in [0.3, 0.4) is 0 Å². The molecule has 1 N–H and O–H groups in total. The average molecular weight is 163 g/mol. The smallest absolute Gasteiger partial charge is 0.0682 e. The molecule has 0 spiro atoms. The van der Waals surface area contributed by atoms with E-state index in [0.717, 1.165) is 11.2 Å². The van der Waals surface area contributed by atoms with Crippen LogP contribution in [0.25, 0.3) is 5.52 Å². The molecule has 0 aromatic carbocycles. The minimum absolute atomic E-state index is 0.922. The van der Waals surface area contributed by atoms with Crippen molar-refractivity contribution in [3.8, 4) is 0 Å². The van der Waals surface area contributed by atoms with Gasteiger partial charge >= 0.3 is 0 Å². The Balaban J connectivity index is 2.46. The van der Waals surface area contributed by atoms with E-state index in [1.165, 1.54) is 0 Å². The monoisotopic (exact) mass is 163 g/mol. The molecule has 62 valence electrons. The van der Waals surface area contributed by atoms with Gasteiger partial charge in [-0.3, -0.25) is 10.3 Å². The van der Waals surface area contributed by atoms with E-state index in [1.54, 1.807) is 17.8 Å². The van der Waals surface area contributed by atoms with Crippen LogP contribution >= 0.6 is 0 Å². The molecule has 0 radical (unpaired) electrons. The van der Waals surface area contributed by atoms with Crippen LogP contribution in [0.4, 0.5) is 5.69 Å². The van der Waals surface area contributed by atoms with Gasteiger partial charge in [0, 0.05) is 12.4 Å². The van der Waals surface area contributed by atoms with Crippen molar-refractivity contribution in [3.63, 3.8) is 0 Å². The molecular weight excluding hydrogens is 154 g/mol. The molecule has 0 aliphatic carbocycles. The van der Waals surface area contributed by atoms with Gasteiger partial charge in [-0.05, 0) is 18.2 Å². The molecule has 12 heavy (non-hydrogen) atoms. The summed E-state index contributed by atoms with van der Waals surface area (Å²) in [5, 5.41) is 4.07. The van der Waals surface area contributed by atoms with Gasteiger partial charge in [-0.1, -0.05) is 0 Å². The number of nitrogens with zero attached hydrogens (tertiary/aromatic N) is 2. The summed E-state index contributed by atoms with van der Waals surface area (Å²) in [5.41, 5.74) is 4.71. The number of fused-ring (bicyclic) bond motifs is 1. The zero-order valence-corrected chi connectivity index (χ0v) is 6.69. The molecule has 2 heterocycles. The third kappa shape index (κ3) is 1.12.